The maximum absolute atomic E-state index is 13.1. The van der Waals surface area contributed by atoms with Crippen LogP contribution in [0.2, 0.25) is 0 Å². The molecule has 0 heterocycles. The molecule has 0 aliphatic heterocycles. The number of nitrogens with zero attached hydrogens (tertiary/aromatic N) is 1. The predicted octanol–water partition coefficient (Wildman–Crippen LogP) is 2.24. The number of Topliss-reactive ketones (excluding diaryl/α,β-unsaturated/α-hetero) is 1. The number of aliphatic hydroxyl groups excluding tert-OH is 1. The number of ketones is 1. The summed E-state index contributed by atoms with van der Waals surface area (Å²) < 4.78 is 26.0. The van der Waals surface area contributed by atoms with E-state index in [-0.39, 0.29) is 18.0 Å². The number of halogens is 2. The van der Waals surface area contributed by atoms with Crippen molar-refractivity contribution in [2.24, 2.45) is 0 Å². The van der Waals surface area contributed by atoms with Gasteiger partial charge in [-0.05, 0) is 38.1 Å². The van der Waals surface area contributed by atoms with Gasteiger partial charge in [0.25, 0.3) is 0 Å². The van der Waals surface area contributed by atoms with Crippen LogP contribution in [-0.2, 0) is 0 Å². The summed E-state index contributed by atoms with van der Waals surface area (Å²) in [4.78, 5) is 14.0. The van der Waals surface area contributed by atoms with Crippen molar-refractivity contribution in [3.8, 4) is 0 Å². The Labute approximate surface area is 111 Å². The molecule has 0 aliphatic carbocycles. The lowest BCUT2D eigenvalue weighted by atomic mass is 10.0. The third kappa shape index (κ3) is 4.08. The molecular formula is C14H19F2NO2. The number of rotatable bonds is 7. The summed E-state index contributed by atoms with van der Waals surface area (Å²) in [7, 11) is 0. The van der Waals surface area contributed by atoms with Gasteiger partial charge in [0, 0.05) is 12.1 Å². The number of hydrogen-bond acceptors (Lipinski definition) is 3. The summed E-state index contributed by atoms with van der Waals surface area (Å²) >= 11 is 0. The average Bonchev–Trinajstić information content (AvgIpc) is 2.40. The zero-order valence-corrected chi connectivity index (χ0v) is 11.2. The van der Waals surface area contributed by atoms with Crippen LogP contribution in [0.5, 0.6) is 0 Å². The molecule has 0 bridgehead atoms. The van der Waals surface area contributed by atoms with E-state index in [9.17, 15) is 13.6 Å². The molecule has 1 aromatic carbocycles. The van der Waals surface area contributed by atoms with Crippen LogP contribution in [0.1, 0.15) is 30.6 Å². The lowest BCUT2D eigenvalue weighted by Gasteiger charge is -2.26. The van der Waals surface area contributed by atoms with E-state index in [1.54, 1.807) is 6.92 Å². The van der Waals surface area contributed by atoms with Crippen molar-refractivity contribution in [3.63, 3.8) is 0 Å². The summed E-state index contributed by atoms with van der Waals surface area (Å²) in [5.41, 5.74) is 0.144. The van der Waals surface area contributed by atoms with E-state index in [0.717, 1.165) is 18.6 Å². The number of aliphatic hydroxyl groups is 1. The maximum atomic E-state index is 13.1. The van der Waals surface area contributed by atoms with Crippen molar-refractivity contribution in [2.45, 2.75) is 26.3 Å². The highest BCUT2D eigenvalue weighted by atomic mass is 19.2. The summed E-state index contributed by atoms with van der Waals surface area (Å²) in [5.74, 6) is -2.27. The first kappa shape index (κ1) is 15.7. The van der Waals surface area contributed by atoms with Gasteiger partial charge in [0.15, 0.2) is 17.4 Å². The summed E-state index contributed by atoms with van der Waals surface area (Å²) in [6, 6.07) is 2.67. The van der Waals surface area contributed by atoms with Crippen molar-refractivity contribution in [1.29, 1.82) is 0 Å². The lowest BCUT2D eigenvalue weighted by molar-refractivity contribution is 0.0807. The van der Waals surface area contributed by atoms with Crippen molar-refractivity contribution in [3.05, 3.63) is 35.4 Å². The molecule has 1 rings (SSSR count). The number of carbonyl (C=O) groups is 1. The fourth-order valence-electron chi connectivity index (χ4n) is 1.97. The fourth-order valence-corrected chi connectivity index (χ4v) is 1.97. The van der Waals surface area contributed by atoms with Gasteiger partial charge >= 0.3 is 0 Å². The van der Waals surface area contributed by atoms with Crippen LogP contribution in [0.15, 0.2) is 18.2 Å². The van der Waals surface area contributed by atoms with Gasteiger partial charge in [-0.25, -0.2) is 8.78 Å². The zero-order chi connectivity index (χ0) is 14.4. The minimum absolute atomic E-state index is 0.0462. The highest BCUT2D eigenvalue weighted by Gasteiger charge is 2.22. The molecule has 106 valence electrons. The van der Waals surface area contributed by atoms with Crippen LogP contribution in [0.3, 0.4) is 0 Å². The Hall–Kier alpha value is -1.33. The first-order chi connectivity index (χ1) is 9.01. The SMILES string of the molecule is CCCN(CCO)C(C)C(=O)c1ccc(F)c(F)c1. The van der Waals surface area contributed by atoms with E-state index >= 15 is 0 Å². The first-order valence-corrected chi connectivity index (χ1v) is 6.35. The Bertz CT molecular complexity index is 431. The second kappa shape index (κ2) is 7.31. The third-order valence-corrected chi connectivity index (χ3v) is 3.03. The van der Waals surface area contributed by atoms with Crippen LogP contribution >= 0.6 is 0 Å². The predicted molar refractivity (Wildman–Crippen MR) is 69.1 cm³/mol. The Kier molecular flexibility index (Phi) is 6.05. The van der Waals surface area contributed by atoms with E-state index < -0.39 is 17.7 Å². The standard InChI is InChI=1S/C14H19F2NO2/c1-3-6-17(7-8-18)10(2)14(19)11-4-5-12(15)13(16)9-11/h4-5,9-10,18H,3,6-8H2,1-2H3. The van der Waals surface area contributed by atoms with Crippen LogP contribution in [0, 0.1) is 11.6 Å². The Morgan fingerprint density at radius 1 is 1.32 bits per heavy atom. The molecule has 0 saturated heterocycles. The van der Waals surface area contributed by atoms with E-state index in [1.807, 2.05) is 11.8 Å². The summed E-state index contributed by atoms with van der Waals surface area (Å²) in [6.07, 6.45) is 0.843. The molecule has 1 atom stereocenters. The number of hydrogen-bond donors (Lipinski definition) is 1. The van der Waals surface area contributed by atoms with Crippen LogP contribution in [0.25, 0.3) is 0 Å². The van der Waals surface area contributed by atoms with Crippen LogP contribution in [-0.4, -0.2) is 41.5 Å². The molecule has 0 amide bonds. The molecule has 0 saturated carbocycles. The van der Waals surface area contributed by atoms with E-state index in [2.05, 4.69) is 0 Å². The van der Waals surface area contributed by atoms with Crippen LogP contribution < -0.4 is 0 Å². The fraction of sp³-hybridized carbons (Fsp3) is 0.500. The van der Waals surface area contributed by atoms with Gasteiger partial charge < -0.3 is 5.11 Å². The zero-order valence-electron chi connectivity index (χ0n) is 11.2. The van der Waals surface area contributed by atoms with E-state index in [1.165, 1.54) is 6.07 Å². The second-order valence-corrected chi connectivity index (χ2v) is 4.43. The highest BCUT2D eigenvalue weighted by Crippen LogP contribution is 2.13. The molecule has 0 radical (unpaired) electrons. The summed E-state index contributed by atoms with van der Waals surface area (Å²) in [5, 5.41) is 8.98. The highest BCUT2D eigenvalue weighted by molar-refractivity contribution is 5.99. The normalized spacial score (nSPS) is 12.7. The first-order valence-electron chi connectivity index (χ1n) is 6.35. The van der Waals surface area contributed by atoms with Crippen molar-refractivity contribution >= 4 is 5.78 Å². The maximum Gasteiger partial charge on any atom is 0.179 e. The Morgan fingerprint density at radius 2 is 2.00 bits per heavy atom. The monoisotopic (exact) mass is 271 g/mol. The smallest absolute Gasteiger partial charge is 0.179 e. The van der Waals surface area contributed by atoms with Gasteiger partial charge in [0.2, 0.25) is 0 Å². The van der Waals surface area contributed by atoms with Gasteiger partial charge in [-0.3, -0.25) is 9.69 Å². The minimum Gasteiger partial charge on any atom is -0.395 e. The molecule has 1 aromatic rings. The molecular weight excluding hydrogens is 252 g/mol. The van der Waals surface area contributed by atoms with E-state index in [4.69, 9.17) is 5.11 Å². The van der Waals surface area contributed by atoms with Gasteiger partial charge in [-0.2, -0.15) is 0 Å². The van der Waals surface area contributed by atoms with Gasteiger partial charge in [-0.1, -0.05) is 6.92 Å². The third-order valence-electron chi connectivity index (χ3n) is 3.03. The van der Waals surface area contributed by atoms with Crippen molar-refractivity contribution in [1.82, 2.24) is 4.90 Å². The number of carbonyl (C=O) groups excluding carboxylic acids is 1. The summed E-state index contributed by atoms with van der Waals surface area (Å²) in [6.45, 7) is 4.67. The largest absolute Gasteiger partial charge is 0.395 e. The second-order valence-electron chi connectivity index (χ2n) is 4.43. The van der Waals surface area contributed by atoms with Crippen molar-refractivity contribution in [2.75, 3.05) is 19.7 Å². The van der Waals surface area contributed by atoms with Gasteiger partial charge in [-0.15, -0.1) is 0 Å². The quantitative estimate of drug-likeness (QED) is 0.773. The molecule has 0 fully saturated rings. The number of benzene rings is 1. The minimum atomic E-state index is -1.03. The lowest BCUT2D eigenvalue weighted by Crippen LogP contribution is -2.41. The molecule has 1 N–H and O–H groups in total. The molecule has 5 heteroatoms. The van der Waals surface area contributed by atoms with Crippen LogP contribution in [0.4, 0.5) is 8.78 Å². The van der Waals surface area contributed by atoms with Gasteiger partial charge in [0.05, 0.1) is 12.6 Å². The van der Waals surface area contributed by atoms with Crippen molar-refractivity contribution < 1.29 is 18.7 Å². The Morgan fingerprint density at radius 3 is 2.53 bits per heavy atom. The average molecular weight is 271 g/mol. The molecule has 0 aromatic heterocycles. The topological polar surface area (TPSA) is 40.5 Å². The van der Waals surface area contributed by atoms with E-state index in [0.29, 0.717) is 13.1 Å². The molecule has 3 nitrogen and oxygen atoms in total. The molecule has 0 aliphatic rings. The molecule has 1 unspecified atom stereocenters. The Balaban J connectivity index is 2.87. The van der Waals surface area contributed by atoms with Gasteiger partial charge in [0.1, 0.15) is 0 Å². The molecule has 0 spiro atoms. The molecule has 19 heavy (non-hydrogen) atoms.